The molecule has 120 valence electrons. The lowest BCUT2D eigenvalue weighted by atomic mass is 9.93. The summed E-state index contributed by atoms with van der Waals surface area (Å²) in [6.07, 6.45) is 4.06. The number of hydrogen-bond acceptors (Lipinski definition) is 3. The Morgan fingerprint density at radius 1 is 1.33 bits per heavy atom. The minimum absolute atomic E-state index is 0.142. The SMILES string of the molecule is CCC1(C(=O)O)CCCN1C(=O)N(C)CC1CCCN1C. The van der Waals surface area contributed by atoms with Crippen LogP contribution in [0.1, 0.15) is 39.0 Å². The van der Waals surface area contributed by atoms with Crippen molar-refractivity contribution in [2.75, 3.05) is 33.7 Å². The predicted molar refractivity (Wildman–Crippen MR) is 80.3 cm³/mol. The number of carboxylic acid groups (broad SMARTS) is 1. The van der Waals surface area contributed by atoms with Gasteiger partial charge in [0.05, 0.1) is 0 Å². The van der Waals surface area contributed by atoms with Crippen molar-refractivity contribution in [3.05, 3.63) is 0 Å². The summed E-state index contributed by atoms with van der Waals surface area (Å²) in [4.78, 5) is 29.9. The average Bonchev–Trinajstić information content (AvgIpc) is 3.05. The molecule has 2 heterocycles. The third-order valence-electron chi connectivity index (χ3n) is 5.19. The molecule has 0 aromatic carbocycles. The average molecular weight is 297 g/mol. The first-order valence-electron chi connectivity index (χ1n) is 7.88. The number of aliphatic carboxylic acids is 1. The van der Waals surface area contributed by atoms with Gasteiger partial charge in [0.25, 0.3) is 0 Å². The van der Waals surface area contributed by atoms with E-state index in [1.54, 1.807) is 16.8 Å². The highest BCUT2D eigenvalue weighted by atomic mass is 16.4. The van der Waals surface area contributed by atoms with E-state index < -0.39 is 11.5 Å². The summed E-state index contributed by atoms with van der Waals surface area (Å²) in [6.45, 7) is 4.14. The maximum absolute atomic E-state index is 12.7. The molecule has 0 aromatic heterocycles. The van der Waals surface area contributed by atoms with Gasteiger partial charge in [-0.15, -0.1) is 0 Å². The fourth-order valence-corrected chi connectivity index (χ4v) is 3.71. The van der Waals surface area contributed by atoms with Gasteiger partial charge in [-0.3, -0.25) is 0 Å². The molecule has 2 aliphatic rings. The van der Waals surface area contributed by atoms with Crippen molar-refractivity contribution in [3.8, 4) is 0 Å². The zero-order chi connectivity index (χ0) is 15.6. The van der Waals surface area contributed by atoms with Gasteiger partial charge in [0.2, 0.25) is 0 Å². The van der Waals surface area contributed by atoms with E-state index in [9.17, 15) is 14.7 Å². The van der Waals surface area contributed by atoms with Crippen LogP contribution >= 0.6 is 0 Å². The summed E-state index contributed by atoms with van der Waals surface area (Å²) < 4.78 is 0. The van der Waals surface area contributed by atoms with Gasteiger partial charge in [0.15, 0.2) is 0 Å². The van der Waals surface area contributed by atoms with E-state index in [2.05, 4.69) is 11.9 Å². The molecule has 6 heteroatoms. The van der Waals surface area contributed by atoms with Crippen LogP contribution in [-0.2, 0) is 4.79 Å². The number of urea groups is 1. The van der Waals surface area contributed by atoms with Gasteiger partial charge in [-0.1, -0.05) is 6.92 Å². The van der Waals surface area contributed by atoms with Crippen LogP contribution in [-0.4, -0.2) is 77.1 Å². The van der Waals surface area contributed by atoms with Crippen LogP contribution < -0.4 is 0 Å². The number of nitrogens with zero attached hydrogens (tertiary/aromatic N) is 3. The van der Waals surface area contributed by atoms with Gasteiger partial charge in [-0.2, -0.15) is 0 Å². The van der Waals surface area contributed by atoms with Gasteiger partial charge < -0.3 is 19.8 Å². The number of likely N-dealkylation sites (tertiary alicyclic amines) is 2. The Hall–Kier alpha value is -1.30. The number of rotatable bonds is 4. The Labute approximate surface area is 126 Å². The number of amides is 2. The van der Waals surface area contributed by atoms with Crippen LogP contribution in [0.25, 0.3) is 0 Å². The van der Waals surface area contributed by atoms with E-state index in [4.69, 9.17) is 0 Å². The van der Waals surface area contributed by atoms with Crippen molar-refractivity contribution < 1.29 is 14.7 Å². The summed E-state index contributed by atoms with van der Waals surface area (Å²) in [7, 11) is 3.87. The first-order chi connectivity index (χ1) is 9.92. The Kier molecular flexibility index (Phi) is 4.76. The Balaban J connectivity index is 2.05. The lowest BCUT2D eigenvalue weighted by Crippen LogP contribution is -2.57. The quantitative estimate of drug-likeness (QED) is 0.853. The van der Waals surface area contributed by atoms with Crippen molar-refractivity contribution in [2.45, 2.75) is 50.6 Å². The van der Waals surface area contributed by atoms with Crippen LogP contribution in [0.3, 0.4) is 0 Å². The van der Waals surface area contributed by atoms with E-state index in [-0.39, 0.29) is 6.03 Å². The first kappa shape index (κ1) is 16.1. The van der Waals surface area contributed by atoms with Crippen molar-refractivity contribution in [1.82, 2.24) is 14.7 Å². The van der Waals surface area contributed by atoms with Crippen LogP contribution in [0.4, 0.5) is 4.79 Å². The summed E-state index contributed by atoms with van der Waals surface area (Å²) in [5, 5.41) is 9.57. The first-order valence-corrected chi connectivity index (χ1v) is 7.88. The number of carbonyl (C=O) groups is 2. The summed E-state index contributed by atoms with van der Waals surface area (Å²) in [5.74, 6) is -0.873. The zero-order valence-electron chi connectivity index (χ0n) is 13.3. The molecule has 2 saturated heterocycles. The van der Waals surface area contributed by atoms with E-state index in [1.165, 1.54) is 6.42 Å². The monoisotopic (exact) mass is 297 g/mol. The second kappa shape index (κ2) is 6.22. The molecule has 2 aliphatic heterocycles. The van der Waals surface area contributed by atoms with Crippen molar-refractivity contribution in [1.29, 1.82) is 0 Å². The highest BCUT2D eigenvalue weighted by Gasteiger charge is 2.49. The zero-order valence-corrected chi connectivity index (χ0v) is 13.3. The van der Waals surface area contributed by atoms with Gasteiger partial charge >= 0.3 is 12.0 Å². The van der Waals surface area contributed by atoms with Gasteiger partial charge in [0.1, 0.15) is 5.54 Å². The van der Waals surface area contributed by atoms with Crippen LogP contribution in [0.5, 0.6) is 0 Å². The highest BCUT2D eigenvalue weighted by molar-refractivity contribution is 5.87. The molecule has 6 nitrogen and oxygen atoms in total. The molecule has 1 N–H and O–H groups in total. The molecule has 0 radical (unpaired) electrons. The molecule has 0 bridgehead atoms. The molecule has 0 spiro atoms. The Morgan fingerprint density at radius 3 is 2.57 bits per heavy atom. The molecule has 0 saturated carbocycles. The number of carboxylic acids is 1. The molecule has 2 amide bonds. The van der Waals surface area contributed by atoms with E-state index in [1.807, 2.05) is 6.92 Å². The molecular formula is C15H27N3O3. The highest BCUT2D eigenvalue weighted by Crippen LogP contribution is 2.33. The van der Waals surface area contributed by atoms with Crippen molar-refractivity contribution in [2.24, 2.45) is 0 Å². The van der Waals surface area contributed by atoms with Crippen LogP contribution in [0.15, 0.2) is 0 Å². The van der Waals surface area contributed by atoms with E-state index in [0.717, 1.165) is 19.4 Å². The van der Waals surface area contributed by atoms with Crippen molar-refractivity contribution in [3.63, 3.8) is 0 Å². The van der Waals surface area contributed by atoms with Crippen molar-refractivity contribution >= 4 is 12.0 Å². The molecule has 2 rings (SSSR count). The summed E-state index contributed by atoms with van der Waals surface area (Å²) in [5.41, 5.74) is -1.01. The largest absolute Gasteiger partial charge is 0.479 e. The molecular weight excluding hydrogens is 270 g/mol. The van der Waals surface area contributed by atoms with Gasteiger partial charge in [0, 0.05) is 26.2 Å². The van der Waals surface area contributed by atoms with E-state index >= 15 is 0 Å². The third-order valence-corrected chi connectivity index (χ3v) is 5.19. The van der Waals surface area contributed by atoms with Gasteiger partial charge in [-0.05, 0) is 45.7 Å². The third kappa shape index (κ3) is 2.86. The summed E-state index contributed by atoms with van der Waals surface area (Å²) in [6, 6.07) is 0.249. The number of likely N-dealkylation sites (N-methyl/N-ethyl adjacent to an activating group) is 2. The fraction of sp³-hybridized carbons (Fsp3) is 0.867. The maximum atomic E-state index is 12.7. The normalized spacial score (nSPS) is 29.9. The molecule has 0 aliphatic carbocycles. The predicted octanol–water partition coefficient (Wildman–Crippen LogP) is 1.46. The smallest absolute Gasteiger partial charge is 0.329 e. The molecule has 2 fully saturated rings. The number of carbonyl (C=O) groups excluding carboxylic acids is 1. The minimum atomic E-state index is -1.01. The number of hydrogen-bond donors (Lipinski definition) is 1. The van der Waals surface area contributed by atoms with Crippen LogP contribution in [0.2, 0.25) is 0 Å². The van der Waals surface area contributed by atoms with E-state index in [0.29, 0.717) is 32.0 Å². The fourth-order valence-electron chi connectivity index (χ4n) is 3.71. The Morgan fingerprint density at radius 2 is 2.05 bits per heavy atom. The lowest BCUT2D eigenvalue weighted by molar-refractivity contribution is -0.148. The molecule has 21 heavy (non-hydrogen) atoms. The minimum Gasteiger partial charge on any atom is -0.479 e. The maximum Gasteiger partial charge on any atom is 0.329 e. The lowest BCUT2D eigenvalue weighted by Gasteiger charge is -2.37. The second-order valence-corrected chi connectivity index (χ2v) is 6.39. The molecule has 2 atom stereocenters. The standard InChI is InChI=1S/C15H27N3O3/c1-4-15(13(19)20)8-6-10-18(15)14(21)17(3)11-12-7-5-9-16(12)2/h12H,4-11H2,1-3H3,(H,19,20). The second-order valence-electron chi connectivity index (χ2n) is 6.39. The molecule has 0 aromatic rings. The topological polar surface area (TPSA) is 64.1 Å². The summed E-state index contributed by atoms with van der Waals surface area (Å²) >= 11 is 0. The molecule has 2 unspecified atom stereocenters. The Bertz CT molecular complexity index is 415. The van der Waals surface area contributed by atoms with Crippen LogP contribution in [0, 0.1) is 0 Å². The van der Waals surface area contributed by atoms with Gasteiger partial charge in [-0.25, -0.2) is 9.59 Å².